The molecule has 0 aliphatic heterocycles. The van der Waals surface area contributed by atoms with Gasteiger partial charge < -0.3 is 21.5 Å². The lowest BCUT2D eigenvalue weighted by Crippen LogP contribution is -2.31. The van der Waals surface area contributed by atoms with Crippen molar-refractivity contribution in [3.8, 4) is 0 Å². The van der Waals surface area contributed by atoms with Gasteiger partial charge in [-0.05, 0) is 18.9 Å². The van der Waals surface area contributed by atoms with Crippen LogP contribution in [0.5, 0.6) is 0 Å². The van der Waals surface area contributed by atoms with Gasteiger partial charge in [0, 0.05) is 6.61 Å². The second-order valence-corrected chi connectivity index (χ2v) is 5.09. The van der Waals surface area contributed by atoms with Crippen molar-refractivity contribution in [2.45, 2.75) is 26.8 Å². The Morgan fingerprint density at radius 3 is 2.53 bits per heavy atom. The molecule has 0 spiro atoms. The molecule has 1 unspecified atom stereocenters. The van der Waals surface area contributed by atoms with Crippen molar-refractivity contribution in [1.29, 1.82) is 0 Å². The molecule has 0 aliphatic carbocycles. The van der Waals surface area contributed by atoms with Crippen molar-refractivity contribution < 1.29 is 9.13 Å². The van der Waals surface area contributed by atoms with Gasteiger partial charge in [0.15, 0.2) is 5.82 Å². The van der Waals surface area contributed by atoms with Gasteiger partial charge in [-0.2, -0.15) is 0 Å². The normalized spacial score (nSPS) is 12.7. The van der Waals surface area contributed by atoms with Gasteiger partial charge in [-0.25, -0.2) is 4.39 Å². The largest absolute Gasteiger partial charge is 0.397 e. The lowest BCUT2D eigenvalue weighted by Gasteiger charge is -2.24. The van der Waals surface area contributed by atoms with E-state index in [1.807, 2.05) is 20.8 Å². The van der Waals surface area contributed by atoms with Crippen molar-refractivity contribution in [2.24, 2.45) is 5.92 Å². The van der Waals surface area contributed by atoms with Crippen LogP contribution in [0.4, 0.5) is 21.5 Å². The van der Waals surface area contributed by atoms with Gasteiger partial charge in [0.2, 0.25) is 0 Å². The van der Waals surface area contributed by atoms with E-state index in [1.54, 1.807) is 0 Å². The zero-order valence-corrected chi connectivity index (χ0v) is 12.2. The smallest absolute Gasteiger partial charge is 0.169 e. The van der Waals surface area contributed by atoms with Gasteiger partial charge >= 0.3 is 0 Å². The summed E-state index contributed by atoms with van der Waals surface area (Å²) >= 11 is 5.80. The van der Waals surface area contributed by atoms with Crippen LogP contribution in [0.1, 0.15) is 20.8 Å². The molecule has 0 fully saturated rings. The Kier molecular flexibility index (Phi) is 5.69. The van der Waals surface area contributed by atoms with Crippen molar-refractivity contribution in [3.05, 3.63) is 16.9 Å². The van der Waals surface area contributed by atoms with E-state index in [1.165, 1.54) is 6.07 Å². The molecular formula is C13H21ClFN3O. The maximum Gasteiger partial charge on any atom is 0.169 e. The van der Waals surface area contributed by atoms with E-state index in [0.717, 1.165) is 0 Å². The predicted octanol–water partition coefficient (Wildman–Crippen LogP) is 3.12. The predicted molar refractivity (Wildman–Crippen MR) is 79.0 cm³/mol. The van der Waals surface area contributed by atoms with Crippen LogP contribution in [0.3, 0.4) is 0 Å². The van der Waals surface area contributed by atoms with Crippen LogP contribution < -0.4 is 16.8 Å². The SMILES string of the molecule is CCOCC(Nc1c(N)cc(N)c(Cl)c1F)C(C)C. The highest BCUT2D eigenvalue weighted by Gasteiger charge is 2.20. The Morgan fingerprint density at radius 1 is 1.37 bits per heavy atom. The minimum Gasteiger partial charge on any atom is -0.397 e. The molecule has 0 aromatic heterocycles. The molecule has 0 amide bonds. The molecule has 0 radical (unpaired) electrons. The van der Waals surface area contributed by atoms with E-state index in [9.17, 15) is 4.39 Å². The number of nitrogen functional groups attached to an aromatic ring is 2. The van der Waals surface area contributed by atoms with E-state index in [4.69, 9.17) is 27.8 Å². The van der Waals surface area contributed by atoms with Gasteiger partial charge in [0.25, 0.3) is 0 Å². The molecule has 0 aliphatic rings. The van der Waals surface area contributed by atoms with Crippen molar-refractivity contribution in [1.82, 2.24) is 0 Å². The summed E-state index contributed by atoms with van der Waals surface area (Å²) in [6.45, 7) is 7.01. The number of hydrogen-bond donors (Lipinski definition) is 3. The average molecular weight is 290 g/mol. The molecule has 4 nitrogen and oxygen atoms in total. The standard InChI is InChI=1S/C13H21ClFN3O/c1-4-19-6-10(7(2)3)18-13-9(17)5-8(16)11(14)12(13)15/h5,7,10,18H,4,6,16-17H2,1-3H3. The third kappa shape index (κ3) is 3.88. The number of benzene rings is 1. The Bertz CT molecular complexity index is 440. The van der Waals surface area contributed by atoms with Gasteiger partial charge in [0.05, 0.1) is 29.7 Å². The minimum atomic E-state index is -0.624. The molecule has 1 atom stereocenters. The third-order valence-corrected chi connectivity index (χ3v) is 3.29. The van der Waals surface area contributed by atoms with Gasteiger partial charge in [-0.15, -0.1) is 0 Å². The first-order valence-corrected chi connectivity index (χ1v) is 6.63. The summed E-state index contributed by atoms with van der Waals surface area (Å²) in [7, 11) is 0. The molecule has 6 heteroatoms. The van der Waals surface area contributed by atoms with Gasteiger partial charge in [-0.3, -0.25) is 0 Å². The molecule has 19 heavy (non-hydrogen) atoms. The second-order valence-electron chi connectivity index (χ2n) is 4.71. The Balaban J connectivity index is 2.99. The summed E-state index contributed by atoms with van der Waals surface area (Å²) < 4.78 is 19.5. The minimum absolute atomic E-state index is 0.0589. The highest BCUT2D eigenvalue weighted by Crippen LogP contribution is 2.34. The first-order chi connectivity index (χ1) is 8.88. The molecule has 1 rings (SSSR count). The Hall–Kier alpha value is -1.20. The summed E-state index contributed by atoms with van der Waals surface area (Å²) in [5, 5.41) is 2.94. The third-order valence-electron chi connectivity index (χ3n) is 2.90. The monoisotopic (exact) mass is 289 g/mol. The second kappa shape index (κ2) is 6.82. The van der Waals surface area contributed by atoms with Crippen LogP contribution in [-0.4, -0.2) is 19.3 Å². The van der Waals surface area contributed by atoms with Crippen molar-refractivity contribution in [2.75, 3.05) is 30.0 Å². The zero-order chi connectivity index (χ0) is 14.6. The molecule has 0 heterocycles. The summed E-state index contributed by atoms with van der Waals surface area (Å²) in [5.74, 6) is -0.372. The average Bonchev–Trinajstić information content (AvgIpc) is 2.35. The number of anilines is 3. The van der Waals surface area contributed by atoms with Crippen LogP contribution in [0.25, 0.3) is 0 Å². The Morgan fingerprint density at radius 2 is 2.00 bits per heavy atom. The quantitative estimate of drug-likeness (QED) is 0.704. The molecule has 0 saturated carbocycles. The van der Waals surface area contributed by atoms with E-state index in [-0.39, 0.29) is 34.0 Å². The topological polar surface area (TPSA) is 73.3 Å². The lowest BCUT2D eigenvalue weighted by atomic mass is 10.0. The zero-order valence-electron chi connectivity index (χ0n) is 11.5. The van der Waals surface area contributed by atoms with E-state index in [0.29, 0.717) is 13.2 Å². The highest BCUT2D eigenvalue weighted by molar-refractivity contribution is 6.33. The molecule has 1 aromatic rings. The van der Waals surface area contributed by atoms with E-state index >= 15 is 0 Å². The van der Waals surface area contributed by atoms with E-state index < -0.39 is 5.82 Å². The summed E-state index contributed by atoms with van der Waals surface area (Å²) in [6.07, 6.45) is 0. The number of halogens is 2. The van der Waals surface area contributed by atoms with Crippen LogP contribution in [0.2, 0.25) is 5.02 Å². The molecule has 1 aromatic carbocycles. The van der Waals surface area contributed by atoms with Gasteiger partial charge in [-0.1, -0.05) is 25.4 Å². The lowest BCUT2D eigenvalue weighted by molar-refractivity contribution is 0.126. The number of nitrogens with two attached hydrogens (primary N) is 2. The van der Waals surface area contributed by atoms with E-state index in [2.05, 4.69) is 5.32 Å². The molecule has 0 bridgehead atoms. The number of hydrogen-bond acceptors (Lipinski definition) is 4. The van der Waals surface area contributed by atoms with Gasteiger partial charge in [0.1, 0.15) is 5.02 Å². The number of nitrogens with one attached hydrogen (secondary N) is 1. The van der Waals surface area contributed by atoms with Crippen LogP contribution in [-0.2, 0) is 4.74 Å². The molecule has 108 valence electrons. The maximum absolute atomic E-state index is 14.1. The molecule has 0 saturated heterocycles. The summed E-state index contributed by atoms with van der Waals surface area (Å²) in [5.41, 5.74) is 11.9. The van der Waals surface area contributed by atoms with Crippen molar-refractivity contribution in [3.63, 3.8) is 0 Å². The first-order valence-electron chi connectivity index (χ1n) is 6.25. The number of rotatable bonds is 6. The summed E-state index contributed by atoms with van der Waals surface area (Å²) in [6, 6.07) is 1.39. The highest BCUT2D eigenvalue weighted by atomic mass is 35.5. The number of ether oxygens (including phenoxy) is 1. The first kappa shape index (κ1) is 15.9. The molecule has 5 N–H and O–H groups in total. The maximum atomic E-state index is 14.1. The van der Waals surface area contributed by atoms with Crippen LogP contribution >= 0.6 is 11.6 Å². The van der Waals surface area contributed by atoms with Crippen molar-refractivity contribution >= 4 is 28.7 Å². The fraction of sp³-hybridized carbons (Fsp3) is 0.538. The molecular weight excluding hydrogens is 269 g/mol. The van der Waals surface area contributed by atoms with Crippen LogP contribution in [0, 0.1) is 11.7 Å². The Labute approximate surface area is 118 Å². The fourth-order valence-corrected chi connectivity index (χ4v) is 1.79. The summed E-state index contributed by atoms with van der Waals surface area (Å²) in [4.78, 5) is 0. The van der Waals surface area contributed by atoms with Crippen LogP contribution in [0.15, 0.2) is 6.07 Å². The fourth-order valence-electron chi connectivity index (χ4n) is 1.64.